The van der Waals surface area contributed by atoms with Crippen LogP contribution >= 0.6 is 34.0 Å². The second-order valence-electron chi connectivity index (χ2n) is 4.11. The molecule has 0 aliphatic heterocycles. The lowest BCUT2D eigenvalue weighted by Gasteiger charge is -1.94. The van der Waals surface area contributed by atoms with Gasteiger partial charge >= 0.3 is 0 Å². The standard InChI is InChI=1S/C12H12N4S3/c1-7-4-13-10(17-7)15-12-16(6-9(3)19-12)11-14-5-8(2)18-11/h4-6H,1-3H3/b15-12-. The Hall–Kier alpha value is -1.31. The molecule has 0 N–H and O–H groups in total. The predicted molar refractivity (Wildman–Crippen MR) is 80.9 cm³/mol. The molecular formula is C12H12N4S3. The van der Waals surface area contributed by atoms with Crippen molar-refractivity contribution in [2.75, 3.05) is 0 Å². The van der Waals surface area contributed by atoms with Crippen LogP contribution in [0.1, 0.15) is 14.6 Å². The van der Waals surface area contributed by atoms with Crippen LogP contribution in [-0.2, 0) is 0 Å². The highest BCUT2D eigenvalue weighted by Gasteiger charge is 2.07. The smallest absolute Gasteiger partial charge is 0.211 e. The van der Waals surface area contributed by atoms with Crippen molar-refractivity contribution in [2.45, 2.75) is 20.8 Å². The van der Waals surface area contributed by atoms with Crippen LogP contribution in [0, 0.1) is 20.8 Å². The first-order valence-electron chi connectivity index (χ1n) is 5.71. The van der Waals surface area contributed by atoms with Crippen molar-refractivity contribution >= 4 is 39.1 Å². The number of thiazole rings is 3. The molecule has 0 bridgehead atoms. The second-order valence-corrected chi connectivity index (χ2v) is 7.75. The average Bonchev–Trinajstić information content (AvgIpc) is 3.02. The highest BCUT2D eigenvalue weighted by atomic mass is 32.1. The van der Waals surface area contributed by atoms with Crippen LogP contribution in [0.15, 0.2) is 23.6 Å². The van der Waals surface area contributed by atoms with Gasteiger partial charge in [-0.25, -0.2) is 9.97 Å². The minimum atomic E-state index is 0.793. The molecule has 0 radical (unpaired) electrons. The van der Waals surface area contributed by atoms with Gasteiger partial charge in [0.1, 0.15) is 0 Å². The van der Waals surface area contributed by atoms with Crippen molar-refractivity contribution in [1.82, 2.24) is 14.5 Å². The van der Waals surface area contributed by atoms with E-state index in [1.165, 1.54) is 14.6 Å². The Bertz CT molecular complexity index is 775. The van der Waals surface area contributed by atoms with E-state index in [4.69, 9.17) is 0 Å². The Morgan fingerprint density at radius 3 is 2.32 bits per heavy atom. The molecule has 3 rings (SSSR count). The zero-order chi connectivity index (χ0) is 13.4. The minimum Gasteiger partial charge on any atom is -0.267 e. The molecule has 0 fully saturated rings. The van der Waals surface area contributed by atoms with Gasteiger partial charge in [0.05, 0.1) is 0 Å². The maximum absolute atomic E-state index is 4.62. The Kier molecular flexibility index (Phi) is 3.34. The molecule has 0 atom stereocenters. The Morgan fingerprint density at radius 1 is 0.947 bits per heavy atom. The van der Waals surface area contributed by atoms with Gasteiger partial charge in [-0.3, -0.25) is 4.57 Å². The van der Waals surface area contributed by atoms with E-state index in [1.807, 2.05) is 23.9 Å². The summed E-state index contributed by atoms with van der Waals surface area (Å²) in [4.78, 5) is 17.8. The van der Waals surface area contributed by atoms with Crippen LogP contribution in [0.25, 0.3) is 5.13 Å². The number of nitrogens with zero attached hydrogens (tertiary/aromatic N) is 4. The monoisotopic (exact) mass is 308 g/mol. The van der Waals surface area contributed by atoms with Crippen molar-refractivity contribution in [3.05, 3.63) is 38.0 Å². The number of aromatic nitrogens is 3. The second kappa shape index (κ2) is 4.99. The molecule has 0 unspecified atom stereocenters. The van der Waals surface area contributed by atoms with Gasteiger partial charge in [0.25, 0.3) is 0 Å². The fourth-order valence-corrected chi connectivity index (χ4v) is 3.90. The summed E-state index contributed by atoms with van der Waals surface area (Å²) < 4.78 is 2.04. The molecule has 3 aromatic heterocycles. The van der Waals surface area contributed by atoms with Crippen molar-refractivity contribution < 1.29 is 0 Å². The van der Waals surface area contributed by atoms with E-state index < -0.39 is 0 Å². The maximum atomic E-state index is 4.62. The van der Waals surface area contributed by atoms with Crippen molar-refractivity contribution in [3.63, 3.8) is 0 Å². The number of hydrogen-bond acceptors (Lipinski definition) is 6. The lowest BCUT2D eigenvalue weighted by Crippen LogP contribution is -2.10. The van der Waals surface area contributed by atoms with Crippen molar-refractivity contribution in [3.8, 4) is 5.13 Å². The van der Waals surface area contributed by atoms with Gasteiger partial charge in [0.15, 0.2) is 9.93 Å². The first kappa shape index (κ1) is 12.7. The van der Waals surface area contributed by atoms with Gasteiger partial charge in [-0.15, -0.1) is 34.0 Å². The first-order chi connectivity index (χ1) is 9.11. The molecule has 0 aliphatic carbocycles. The summed E-state index contributed by atoms with van der Waals surface area (Å²) in [6.45, 7) is 6.17. The average molecular weight is 308 g/mol. The van der Waals surface area contributed by atoms with E-state index >= 15 is 0 Å². The van der Waals surface area contributed by atoms with Gasteiger partial charge in [0, 0.05) is 33.2 Å². The number of aryl methyl sites for hydroxylation is 3. The van der Waals surface area contributed by atoms with Crippen LogP contribution in [0.5, 0.6) is 0 Å². The Morgan fingerprint density at radius 2 is 1.68 bits per heavy atom. The molecule has 4 nitrogen and oxygen atoms in total. The fourth-order valence-electron chi connectivity index (χ4n) is 1.60. The summed E-state index contributed by atoms with van der Waals surface area (Å²) in [7, 11) is 0. The lowest BCUT2D eigenvalue weighted by atomic mass is 10.6. The summed E-state index contributed by atoms with van der Waals surface area (Å²) >= 11 is 4.92. The SMILES string of the molecule is Cc1cnc(/N=c2\sc(C)cn2-c2ncc(C)s2)s1. The molecule has 3 heterocycles. The van der Waals surface area contributed by atoms with Crippen LogP contribution in [-0.4, -0.2) is 14.5 Å². The van der Waals surface area contributed by atoms with E-state index in [0.717, 1.165) is 15.1 Å². The molecule has 0 aromatic carbocycles. The third kappa shape index (κ3) is 2.68. The van der Waals surface area contributed by atoms with Gasteiger partial charge in [-0.05, 0) is 20.8 Å². The van der Waals surface area contributed by atoms with E-state index in [2.05, 4.69) is 35.0 Å². The molecule has 0 spiro atoms. The van der Waals surface area contributed by atoms with Gasteiger partial charge in [-0.1, -0.05) is 0 Å². The molecule has 98 valence electrons. The largest absolute Gasteiger partial charge is 0.267 e. The quantitative estimate of drug-likeness (QED) is 0.726. The van der Waals surface area contributed by atoms with Gasteiger partial charge < -0.3 is 0 Å². The minimum absolute atomic E-state index is 0.793. The summed E-state index contributed by atoms with van der Waals surface area (Å²) in [6, 6.07) is 0. The number of hydrogen-bond donors (Lipinski definition) is 0. The highest BCUT2D eigenvalue weighted by Crippen LogP contribution is 2.21. The summed E-state index contributed by atoms with van der Waals surface area (Å²) in [5.74, 6) is 0. The van der Waals surface area contributed by atoms with Crippen molar-refractivity contribution in [2.24, 2.45) is 4.99 Å². The molecule has 0 saturated carbocycles. The predicted octanol–water partition coefficient (Wildman–Crippen LogP) is 3.61. The summed E-state index contributed by atoms with van der Waals surface area (Å²) in [5.41, 5.74) is 0. The molecule has 19 heavy (non-hydrogen) atoms. The zero-order valence-corrected chi connectivity index (χ0v) is 13.2. The third-order valence-electron chi connectivity index (χ3n) is 2.38. The first-order valence-corrected chi connectivity index (χ1v) is 8.16. The molecule has 7 heteroatoms. The van der Waals surface area contributed by atoms with Crippen LogP contribution in [0.4, 0.5) is 5.13 Å². The number of rotatable bonds is 2. The molecule has 0 saturated heterocycles. The van der Waals surface area contributed by atoms with E-state index in [9.17, 15) is 0 Å². The van der Waals surface area contributed by atoms with E-state index in [0.29, 0.717) is 0 Å². The van der Waals surface area contributed by atoms with Crippen molar-refractivity contribution in [1.29, 1.82) is 0 Å². The molecule has 0 amide bonds. The fraction of sp³-hybridized carbons (Fsp3) is 0.250. The lowest BCUT2D eigenvalue weighted by molar-refractivity contribution is 0.979. The highest BCUT2D eigenvalue weighted by molar-refractivity contribution is 7.15. The molecule has 0 aliphatic rings. The van der Waals surface area contributed by atoms with E-state index in [1.54, 1.807) is 34.0 Å². The molecular weight excluding hydrogens is 296 g/mol. The summed E-state index contributed by atoms with van der Waals surface area (Å²) in [6.07, 6.45) is 5.81. The van der Waals surface area contributed by atoms with Crippen LogP contribution < -0.4 is 4.80 Å². The topological polar surface area (TPSA) is 43.1 Å². The third-order valence-corrected chi connectivity index (χ3v) is 5.00. The van der Waals surface area contributed by atoms with Crippen LogP contribution in [0.2, 0.25) is 0 Å². The molecule has 3 aromatic rings. The van der Waals surface area contributed by atoms with Gasteiger partial charge in [0.2, 0.25) is 5.13 Å². The van der Waals surface area contributed by atoms with E-state index in [-0.39, 0.29) is 0 Å². The van der Waals surface area contributed by atoms with Crippen LogP contribution in [0.3, 0.4) is 0 Å². The van der Waals surface area contributed by atoms with Gasteiger partial charge in [-0.2, -0.15) is 4.99 Å². The zero-order valence-electron chi connectivity index (χ0n) is 10.7. The Labute approximate surface area is 122 Å². The summed E-state index contributed by atoms with van der Waals surface area (Å²) in [5, 5.41) is 1.75. The normalized spacial score (nSPS) is 12.3. The maximum Gasteiger partial charge on any atom is 0.211 e. The Balaban J connectivity index is 2.14.